The molecule has 1 aliphatic rings. The summed E-state index contributed by atoms with van der Waals surface area (Å²) in [5, 5.41) is 15.7. The van der Waals surface area contributed by atoms with Crippen molar-refractivity contribution in [3.63, 3.8) is 0 Å². The minimum Gasteiger partial charge on any atom is -0.507 e. The Morgan fingerprint density at radius 2 is 2.41 bits per heavy atom. The number of amides is 1. The van der Waals surface area contributed by atoms with Crippen LogP contribution in [0.2, 0.25) is 0 Å². The van der Waals surface area contributed by atoms with Crippen LogP contribution in [0.4, 0.5) is 0 Å². The van der Waals surface area contributed by atoms with Gasteiger partial charge in [0.25, 0.3) is 5.91 Å². The smallest absolute Gasteiger partial charge is 0.251 e. The maximum absolute atomic E-state index is 11.8. The van der Waals surface area contributed by atoms with Crippen molar-refractivity contribution in [2.45, 2.75) is 18.9 Å². The fourth-order valence-electron chi connectivity index (χ4n) is 1.90. The maximum atomic E-state index is 11.8. The lowest BCUT2D eigenvalue weighted by Gasteiger charge is -2.11. The van der Waals surface area contributed by atoms with Crippen LogP contribution in [-0.4, -0.2) is 30.1 Å². The highest BCUT2D eigenvalue weighted by atomic mass is 79.9. The van der Waals surface area contributed by atoms with E-state index in [0.29, 0.717) is 22.6 Å². The summed E-state index contributed by atoms with van der Waals surface area (Å²) in [7, 11) is 0. The number of hydrogen-bond acceptors (Lipinski definition) is 3. The predicted molar refractivity (Wildman–Crippen MR) is 69.2 cm³/mol. The van der Waals surface area contributed by atoms with Crippen LogP contribution in [0.3, 0.4) is 0 Å². The van der Waals surface area contributed by atoms with Crippen LogP contribution in [0.25, 0.3) is 0 Å². The van der Waals surface area contributed by atoms with E-state index < -0.39 is 0 Å². The SMILES string of the molecule is O=C(NCC1CCCN1)c1ccc(Br)c(O)c1. The topological polar surface area (TPSA) is 61.4 Å². The van der Waals surface area contributed by atoms with E-state index in [1.807, 2.05) is 0 Å². The maximum Gasteiger partial charge on any atom is 0.251 e. The van der Waals surface area contributed by atoms with Crippen LogP contribution < -0.4 is 10.6 Å². The third-order valence-electron chi connectivity index (χ3n) is 2.88. The van der Waals surface area contributed by atoms with Gasteiger partial charge in [-0.2, -0.15) is 0 Å². The quantitative estimate of drug-likeness (QED) is 0.795. The van der Waals surface area contributed by atoms with Gasteiger partial charge in [-0.1, -0.05) is 0 Å². The molecule has 3 N–H and O–H groups in total. The fourth-order valence-corrected chi connectivity index (χ4v) is 2.15. The summed E-state index contributed by atoms with van der Waals surface area (Å²) in [5.41, 5.74) is 0.476. The van der Waals surface area contributed by atoms with Crippen LogP contribution in [0.5, 0.6) is 5.75 Å². The van der Waals surface area contributed by atoms with Gasteiger partial charge >= 0.3 is 0 Å². The number of rotatable bonds is 3. The van der Waals surface area contributed by atoms with Crippen molar-refractivity contribution in [2.75, 3.05) is 13.1 Å². The number of phenolic OH excluding ortho intramolecular Hbond substituents is 1. The molecule has 92 valence electrons. The summed E-state index contributed by atoms with van der Waals surface area (Å²) in [5.74, 6) is -0.0712. The predicted octanol–water partition coefficient (Wildman–Crippen LogP) is 1.64. The Labute approximate surface area is 109 Å². The van der Waals surface area contributed by atoms with Crippen molar-refractivity contribution in [1.82, 2.24) is 10.6 Å². The summed E-state index contributed by atoms with van der Waals surface area (Å²) in [6.45, 7) is 1.66. The van der Waals surface area contributed by atoms with Crippen molar-refractivity contribution in [3.05, 3.63) is 28.2 Å². The molecular weight excluding hydrogens is 284 g/mol. The molecule has 1 fully saturated rings. The summed E-state index contributed by atoms with van der Waals surface area (Å²) in [6, 6.07) is 5.18. The van der Waals surface area contributed by atoms with E-state index in [2.05, 4.69) is 26.6 Å². The molecule has 0 aliphatic carbocycles. The zero-order valence-electron chi connectivity index (χ0n) is 9.37. The number of aromatic hydroxyl groups is 1. The second-order valence-corrected chi connectivity index (χ2v) is 5.02. The molecule has 5 heteroatoms. The zero-order chi connectivity index (χ0) is 12.3. The number of phenols is 1. The molecule has 1 aromatic rings. The number of halogens is 1. The highest BCUT2D eigenvalue weighted by molar-refractivity contribution is 9.10. The van der Waals surface area contributed by atoms with Crippen LogP contribution in [-0.2, 0) is 0 Å². The van der Waals surface area contributed by atoms with Crippen molar-refractivity contribution >= 4 is 21.8 Å². The highest BCUT2D eigenvalue weighted by Gasteiger charge is 2.15. The van der Waals surface area contributed by atoms with Crippen LogP contribution in [0.15, 0.2) is 22.7 Å². The molecule has 1 aromatic carbocycles. The summed E-state index contributed by atoms with van der Waals surface area (Å²) >= 11 is 3.18. The first-order valence-electron chi connectivity index (χ1n) is 5.67. The largest absolute Gasteiger partial charge is 0.507 e. The van der Waals surface area contributed by atoms with Crippen molar-refractivity contribution in [2.24, 2.45) is 0 Å². The Morgan fingerprint density at radius 1 is 1.59 bits per heavy atom. The lowest BCUT2D eigenvalue weighted by Crippen LogP contribution is -2.37. The number of benzene rings is 1. The molecule has 1 amide bonds. The molecule has 1 heterocycles. The third-order valence-corrected chi connectivity index (χ3v) is 3.55. The van der Waals surface area contributed by atoms with E-state index >= 15 is 0 Å². The monoisotopic (exact) mass is 298 g/mol. The molecule has 0 saturated carbocycles. The number of hydrogen-bond donors (Lipinski definition) is 3. The van der Waals surface area contributed by atoms with Gasteiger partial charge in [-0.25, -0.2) is 0 Å². The number of carbonyl (C=O) groups excluding carboxylic acids is 1. The van der Waals surface area contributed by atoms with Gasteiger partial charge < -0.3 is 15.7 Å². The molecule has 0 aromatic heterocycles. The van der Waals surface area contributed by atoms with Crippen LogP contribution >= 0.6 is 15.9 Å². The molecule has 0 bridgehead atoms. The van der Waals surface area contributed by atoms with E-state index in [1.54, 1.807) is 12.1 Å². The normalized spacial score (nSPS) is 19.2. The molecule has 2 rings (SSSR count). The van der Waals surface area contributed by atoms with Crippen LogP contribution in [0.1, 0.15) is 23.2 Å². The van der Waals surface area contributed by atoms with E-state index in [-0.39, 0.29) is 11.7 Å². The van der Waals surface area contributed by atoms with E-state index in [0.717, 1.165) is 13.0 Å². The molecule has 4 nitrogen and oxygen atoms in total. The van der Waals surface area contributed by atoms with Gasteiger partial charge in [0.1, 0.15) is 5.75 Å². The Bertz CT molecular complexity index is 417. The Kier molecular flexibility index (Phi) is 4.02. The van der Waals surface area contributed by atoms with Gasteiger partial charge in [-0.3, -0.25) is 4.79 Å². The molecular formula is C12H15BrN2O2. The second-order valence-electron chi connectivity index (χ2n) is 4.17. The average molecular weight is 299 g/mol. The molecule has 0 radical (unpaired) electrons. The fraction of sp³-hybridized carbons (Fsp3) is 0.417. The molecule has 17 heavy (non-hydrogen) atoms. The van der Waals surface area contributed by atoms with E-state index in [1.165, 1.54) is 12.5 Å². The first-order valence-corrected chi connectivity index (χ1v) is 6.46. The van der Waals surface area contributed by atoms with Gasteiger partial charge in [0.05, 0.1) is 4.47 Å². The second kappa shape index (κ2) is 5.51. The minimum absolute atomic E-state index is 0.0802. The summed E-state index contributed by atoms with van der Waals surface area (Å²) in [4.78, 5) is 11.8. The lowest BCUT2D eigenvalue weighted by molar-refractivity contribution is 0.0950. The average Bonchev–Trinajstić information content (AvgIpc) is 2.82. The van der Waals surface area contributed by atoms with E-state index in [4.69, 9.17) is 0 Å². The molecule has 1 aliphatic heterocycles. The highest BCUT2D eigenvalue weighted by Crippen LogP contribution is 2.24. The first-order chi connectivity index (χ1) is 8.16. The number of nitrogens with one attached hydrogen (secondary N) is 2. The Hall–Kier alpha value is -1.07. The Balaban J connectivity index is 1.92. The van der Waals surface area contributed by atoms with Crippen molar-refractivity contribution in [1.29, 1.82) is 0 Å². The standard InChI is InChI=1S/C12H15BrN2O2/c13-10-4-3-8(6-11(10)16)12(17)15-7-9-2-1-5-14-9/h3-4,6,9,14,16H,1-2,5,7H2,(H,15,17). The van der Waals surface area contributed by atoms with E-state index in [9.17, 15) is 9.90 Å². The molecule has 1 unspecified atom stereocenters. The summed E-state index contributed by atoms with van der Waals surface area (Å²) < 4.78 is 0.589. The third kappa shape index (κ3) is 3.20. The van der Waals surface area contributed by atoms with Gasteiger partial charge in [0.15, 0.2) is 0 Å². The first kappa shape index (κ1) is 12.4. The number of carbonyl (C=O) groups is 1. The minimum atomic E-state index is -0.151. The molecule has 1 atom stereocenters. The zero-order valence-corrected chi connectivity index (χ0v) is 11.0. The van der Waals surface area contributed by atoms with Gasteiger partial charge in [0.2, 0.25) is 0 Å². The lowest BCUT2D eigenvalue weighted by atomic mass is 10.2. The Morgan fingerprint density at radius 3 is 3.06 bits per heavy atom. The van der Waals surface area contributed by atoms with Gasteiger partial charge in [-0.05, 0) is 53.5 Å². The van der Waals surface area contributed by atoms with Crippen molar-refractivity contribution < 1.29 is 9.90 Å². The van der Waals surface area contributed by atoms with Crippen LogP contribution in [0, 0.1) is 0 Å². The summed E-state index contributed by atoms with van der Waals surface area (Å²) in [6.07, 6.45) is 2.27. The van der Waals surface area contributed by atoms with Gasteiger partial charge in [0, 0.05) is 18.2 Å². The molecule has 1 saturated heterocycles. The molecule has 0 spiro atoms. The van der Waals surface area contributed by atoms with Crippen molar-refractivity contribution in [3.8, 4) is 5.75 Å². The van der Waals surface area contributed by atoms with Gasteiger partial charge in [-0.15, -0.1) is 0 Å².